The van der Waals surface area contributed by atoms with Crippen molar-refractivity contribution in [2.45, 2.75) is 38.6 Å². The van der Waals surface area contributed by atoms with Gasteiger partial charge in [0.15, 0.2) is 0 Å². The molecule has 1 aliphatic heterocycles. The van der Waals surface area contributed by atoms with E-state index in [0.29, 0.717) is 20.0 Å². The largest absolute Gasteiger partial charge is 0.497 e. The molecule has 0 radical (unpaired) electrons. The van der Waals surface area contributed by atoms with Crippen LogP contribution in [0.1, 0.15) is 48.3 Å². The van der Waals surface area contributed by atoms with Gasteiger partial charge in [-0.1, -0.05) is 18.5 Å². The molecule has 0 saturated carbocycles. The van der Waals surface area contributed by atoms with Crippen LogP contribution in [0.4, 0.5) is 11.4 Å². The molecule has 0 spiro atoms. The Labute approximate surface area is 183 Å². The van der Waals surface area contributed by atoms with Crippen molar-refractivity contribution in [2.75, 3.05) is 12.0 Å². The number of amides is 1. The molecule has 1 aliphatic rings. The number of methoxy groups -OCH3 is 1. The number of halogens is 1. The number of nitro benzene ring substituents is 1. The standard InChI is InChI=1S/C22H21ClN2O4S/c1-12-11-22(2,3)24(17-8-6-14(29-4)10-16(12)17)21(26)20-19(23)15-7-5-13(25(27)28)9-18(15)30-20/h5-10,12H,11H2,1-4H3/t12-/m0/s1. The molecular weight excluding hydrogens is 424 g/mol. The average molecular weight is 445 g/mol. The lowest BCUT2D eigenvalue weighted by Crippen LogP contribution is -2.51. The van der Waals surface area contributed by atoms with Gasteiger partial charge in [0, 0.05) is 33.4 Å². The van der Waals surface area contributed by atoms with E-state index in [1.807, 2.05) is 32.0 Å². The van der Waals surface area contributed by atoms with E-state index >= 15 is 0 Å². The van der Waals surface area contributed by atoms with Gasteiger partial charge in [-0.2, -0.15) is 0 Å². The number of anilines is 1. The summed E-state index contributed by atoms with van der Waals surface area (Å²) in [5.41, 5.74) is 1.44. The molecule has 1 atom stereocenters. The Morgan fingerprint density at radius 1 is 1.30 bits per heavy atom. The third-order valence-electron chi connectivity index (χ3n) is 5.64. The molecule has 1 aromatic heterocycles. The number of hydrogen-bond donors (Lipinski definition) is 0. The minimum absolute atomic E-state index is 0.0241. The molecule has 6 nitrogen and oxygen atoms in total. The first-order chi connectivity index (χ1) is 14.1. The van der Waals surface area contributed by atoms with Crippen molar-refractivity contribution in [3.63, 3.8) is 0 Å². The Bertz CT molecular complexity index is 1190. The molecule has 3 aromatic rings. The number of nitro groups is 1. The Kier molecular flexibility index (Phi) is 4.98. The topological polar surface area (TPSA) is 72.7 Å². The van der Waals surface area contributed by atoms with E-state index in [-0.39, 0.29) is 17.5 Å². The number of thiophene rings is 1. The predicted octanol–water partition coefficient (Wildman–Crippen LogP) is 6.40. The second-order valence-corrected chi connectivity index (χ2v) is 9.60. The first-order valence-corrected chi connectivity index (χ1v) is 10.7. The molecule has 0 fully saturated rings. The van der Waals surface area contributed by atoms with Crippen LogP contribution < -0.4 is 9.64 Å². The van der Waals surface area contributed by atoms with E-state index in [0.717, 1.165) is 23.4 Å². The zero-order valence-electron chi connectivity index (χ0n) is 17.1. The fourth-order valence-corrected chi connectivity index (χ4v) is 5.80. The highest BCUT2D eigenvalue weighted by Crippen LogP contribution is 2.47. The van der Waals surface area contributed by atoms with E-state index in [1.165, 1.54) is 23.5 Å². The summed E-state index contributed by atoms with van der Waals surface area (Å²) >= 11 is 7.76. The highest BCUT2D eigenvalue weighted by molar-refractivity contribution is 7.21. The number of rotatable bonds is 3. The van der Waals surface area contributed by atoms with Crippen molar-refractivity contribution in [1.82, 2.24) is 0 Å². The van der Waals surface area contributed by atoms with Crippen molar-refractivity contribution >= 4 is 50.3 Å². The van der Waals surface area contributed by atoms with Crippen LogP contribution in [0, 0.1) is 10.1 Å². The minimum atomic E-state index is -0.451. The molecule has 2 heterocycles. The summed E-state index contributed by atoms with van der Waals surface area (Å²) in [4.78, 5) is 26.6. The van der Waals surface area contributed by atoms with E-state index in [9.17, 15) is 14.9 Å². The molecule has 1 amide bonds. The van der Waals surface area contributed by atoms with Crippen LogP contribution >= 0.6 is 22.9 Å². The Morgan fingerprint density at radius 2 is 2.03 bits per heavy atom. The summed E-state index contributed by atoms with van der Waals surface area (Å²) in [5.74, 6) is 0.807. The van der Waals surface area contributed by atoms with Crippen LogP contribution in [-0.2, 0) is 0 Å². The van der Waals surface area contributed by atoms with Crippen LogP contribution in [0.3, 0.4) is 0 Å². The molecule has 2 aromatic carbocycles. The molecule has 0 unspecified atom stereocenters. The molecule has 8 heteroatoms. The first-order valence-electron chi connectivity index (χ1n) is 9.53. The van der Waals surface area contributed by atoms with Crippen molar-refractivity contribution in [1.29, 1.82) is 0 Å². The Balaban J connectivity index is 1.85. The molecule has 0 saturated heterocycles. The number of carbonyl (C=O) groups excluding carboxylic acids is 1. The Morgan fingerprint density at radius 3 is 2.70 bits per heavy atom. The molecule has 4 rings (SSSR count). The van der Waals surface area contributed by atoms with Crippen molar-refractivity contribution < 1.29 is 14.5 Å². The highest BCUT2D eigenvalue weighted by atomic mass is 35.5. The second kappa shape index (κ2) is 7.25. The second-order valence-electron chi connectivity index (χ2n) is 8.17. The quantitative estimate of drug-likeness (QED) is 0.346. The summed E-state index contributed by atoms with van der Waals surface area (Å²) < 4.78 is 5.99. The number of carbonyl (C=O) groups is 1. The van der Waals surface area contributed by atoms with Gasteiger partial charge >= 0.3 is 0 Å². The highest BCUT2D eigenvalue weighted by Gasteiger charge is 2.41. The lowest BCUT2D eigenvalue weighted by Gasteiger charge is -2.46. The van der Waals surface area contributed by atoms with Gasteiger partial charge in [-0.05, 0) is 56.0 Å². The first kappa shape index (κ1) is 20.6. The fraction of sp³-hybridized carbons (Fsp3) is 0.318. The van der Waals surface area contributed by atoms with E-state index in [1.54, 1.807) is 18.1 Å². The molecular formula is C22H21ClN2O4S. The summed E-state index contributed by atoms with van der Waals surface area (Å²) in [6.07, 6.45) is 0.785. The number of non-ortho nitro benzene ring substituents is 1. The molecule has 0 aliphatic carbocycles. The van der Waals surface area contributed by atoms with Crippen molar-refractivity contribution in [3.8, 4) is 5.75 Å². The van der Waals surface area contributed by atoms with Gasteiger partial charge in [-0.25, -0.2) is 0 Å². The van der Waals surface area contributed by atoms with Crippen LogP contribution in [0.2, 0.25) is 5.02 Å². The number of nitrogens with zero attached hydrogens (tertiary/aromatic N) is 2. The third kappa shape index (κ3) is 3.22. The van der Waals surface area contributed by atoms with E-state index in [4.69, 9.17) is 16.3 Å². The fourth-order valence-electron chi connectivity index (χ4n) is 4.33. The SMILES string of the molecule is COc1ccc2c(c1)[C@@H](C)CC(C)(C)N2C(=O)c1sc2cc([N+](=O)[O-])ccc2c1Cl. The summed E-state index contributed by atoms with van der Waals surface area (Å²) in [6, 6.07) is 10.2. The van der Waals surface area contributed by atoms with Crippen molar-refractivity contribution in [2.24, 2.45) is 0 Å². The van der Waals surface area contributed by atoms with Gasteiger partial charge in [0.1, 0.15) is 10.6 Å². The number of benzene rings is 2. The smallest absolute Gasteiger partial charge is 0.270 e. The van der Waals surface area contributed by atoms with E-state index < -0.39 is 10.5 Å². The van der Waals surface area contributed by atoms with Crippen LogP contribution in [-0.4, -0.2) is 23.5 Å². The number of fused-ring (bicyclic) bond motifs is 2. The van der Waals surface area contributed by atoms with Crippen LogP contribution in [0.25, 0.3) is 10.1 Å². The molecule has 30 heavy (non-hydrogen) atoms. The van der Waals surface area contributed by atoms with E-state index in [2.05, 4.69) is 6.92 Å². The van der Waals surface area contributed by atoms with Gasteiger partial charge in [0.25, 0.3) is 11.6 Å². The summed E-state index contributed by atoms with van der Waals surface area (Å²) in [6.45, 7) is 6.23. The lowest BCUT2D eigenvalue weighted by atomic mass is 9.80. The maximum Gasteiger partial charge on any atom is 0.270 e. The summed E-state index contributed by atoms with van der Waals surface area (Å²) in [5, 5.41) is 12.1. The summed E-state index contributed by atoms with van der Waals surface area (Å²) in [7, 11) is 1.62. The molecule has 156 valence electrons. The molecule has 0 bridgehead atoms. The molecule has 0 N–H and O–H groups in total. The van der Waals surface area contributed by atoms with Gasteiger partial charge < -0.3 is 9.64 Å². The third-order valence-corrected chi connectivity index (χ3v) is 7.28. The number of ether oxygens (including phenoxy) is 1. The predicted molar refractivity (Wildman–Crippen MR) is 120 cm³/mol. The average Bonchev–Trinajstić information content (AvgIpc) is 3.03. The maximum absolute atomic E-state index is 13.7. The number of hydrogen-bond acceptors (Lipinski definition) is 5. The lowest BCUT2D eigenvalue weighted by molar-refractivity contribution is -0.384. The minimum Gasteiger partial charge on any atom is -0.497 e. The maximum atomic E-state index is 13.7. The van der Waals surface area contributed by atoms with Crippen LogP contribution in [0.5, 0.6) is 5.75 Å². The monoisotopic (exact) mass is 444 g/mol. The van der Waals surface area contributed by atoms with Gasteiger partial charge in [-0.3, -0.25) is 14.9 Å². The zero-order valence-corrected chi connectivity index (χ0v) is 18.6. The van der Waals surface area contributed by atoms with Gasteiger partial charge in [0.2, 0.25) is 0 Å². The van der Waals surface area contributed by atoms with Crippen molar-refractivity contribution in [3.05, 3.63) is 62.0 Å². The van der Waals surface area contributed by atoms with Gasteiger partial charge in [-0.15, -0.1) is 11.3 Å². The Hall–Kier alpha value is -2.64. The zero-order chi connectivity index (χ0) is 21.8. The van der Waals surface area contributed by atoms with Crippen LogP contribution in [0.15, 0.2) is 36.4 Å². The normalized spacial score (nSPS) is 17.6. The van der Waals surface area contributed by atoms with Gasteiger partial charge in [0.05, 0.1) is 17.1 Å².